The molecule has 1 nitrogen and oxygen atoms in total. The topological polar surface area (TPSA) is 12.0 Å². The summed E-state index contributed by atoms with van der Waals surface area (Å²) >= 11 is 0. The highest BCUT2D eigenvalue weighted by Gasteiger charge is 2.11. The third-order valence-electron chi connectivity index (χ3n) is 3.38. The quantitative estimate of drug-likeness (QED) is 0.837. The fourth-order valence-corrected chi connectivity index (χ4v) is 2.33. The molecular formula is C16H22FN. The molecule has 1 aliphatic carbocycles. The van der Waals surface area contributed by atoms with E-state index in [9.17, 15) is 4.39 Å². The van der Waals surface area contributed by atoms with Gasteiger partial charge in [-0.25, -0.2) is 4.39 Å². The van der Waals surface area contributed by atoms with E-state index >= 15 is 0 Å². The summed E-state index contributed by atoms with van der Waals surface area (Å²) in [6.07, 6.45) is 6.71. The molecule has 2 heteroatoms. The second-order valence-electron chi connectivity index (χ2n) is 5.32. The van der Waals surface area contributed by atoms with E-state index in [1.807, 2.05) is 12.1 Å². The Morgan fingerprint density at radius 2 is 2.11 bits per heavy atom. The van der Waals surface area contributed by atoms with Crippen molar-refractivity contribution < 1.29 is 4.39 Å². The maximum Gasteiger partial charge on any atom is 0.130 e. The number of halogens is 1. The van der Waals surface area contributed by atoms with E-state index in [4.69, 9.17) is 0 Å². The lowest BCUT2D eigenvalue weighted by Gasteiger charge is -2.15. The monoisotopic (exact) mass is 247 g/mol. The van der Waals surface area contributed by atoms with Crippen LogP contribution >= 0.6 is 0 Å². The second-order valence-corrected chi connectivity index (χ2v) is 5.32. The lowest BCUT2D eigenvalue weighted by molar-refractivity contribution is 0.585. The van der Waals surface area contributed by atoms with Crippen LogP contribution in [0.25, 0.3) is 5.57 Å². The molecule has 0 spiro atoms. The van der Waals surface area contributed by atoms with Crippen LogP contribution in [0.4, 0.5) is 4.39 Å². The summed E-state index contributed by atoms with van der Waals surface area (Å²) in [5.41, 5.74) is 3.15. The minimum atomic E-state index is -0.0866. The van der Waals surface area contributed by atoms with Crippen molar-refractivity contribution in [3.63, 3.8) is 0 Å². The summed E-state index contributed by atoms with van der Waals surface area (Å²) in [6.45, 7) is 5.04. The van der Waals surface area contributed by atoms with Gasteiger partial charge in [0.2, 0.25) is 0 Å². The summed E-state index contributed by atoms with van der Waals surface area (Å²) in [5, 5.41) is 3.37. The van der Waals surface area contributed by atoms with Crippen LogP contribution in [-0.2, 0) is 6.54 Å². The molecule has 0 atom stereocenters. The first-order valence-corrected chi connectivity index (χ1v) is 6.88. The van der Waals surface area contributed by atoms with E-state index < -0.39 is 0 Å². The highest BCUT2D eigenvalue weighted by Crippen LogP contribution is 2.29. The van der Waals surface area contributed by atoms with Crippen molar-refractivity contribution in [2.75, 3.05) is 0 Å². The van der Waals surface area contributed by atoms with Gasteiger partial charge in [-0.1, -0.05) is 26.0 Å². The van der Waals surface area contributed by atoms with E-state index in [0.29, 0.717) is 6.04 Å². The van der Waals surface area contributed by atoms with Gasteiger partial charge in [-0.05, 0) is 49.0 Å². The summed E-state index contributed by atoms with van der Waals surface area (Å²) in [6, 6.07) is 5.93. The van der Waals surface area contributed by atoms with Crippen molar-refractivity contribution >= 4 is 5.57 Å². The SMILES string of the molecule is CC(C)NCc1ccc(F)c(C2=CCCCC2)c1. The van der Waals surface area contributed by atoms with E-state index in [-0.39, 0.29) is 5.82 Å². The van der Waals surface area contributed by atoms with Crippen molar-refractivity contribution in [1.29, 1.82) is 0 Å². The number of nitrogens with one attached hydrogen (secondary N) is 1. The number of allylic oxidation sites excluding steroid dienone is 2. The standard InChI is InChI=1S/C16H22FN/c1-12(2)18-11-13-8-9-16(17)15(10-13)14-6-4-3-5-7-14/h6,8-10,12,18H,3-5,7,11H2,1-2H3. The zero-order valence-corrected chi connectivity index (χ0v) is 11.3. The highest BCUT2D eigenvalue weighted by molar-refractivity contribution is 5.67. The van der Waals surface area contributed by atoms with E-state index in [1.165, 1.54) is 18.4 Å². The molecule has 0 saturated carbocycles. The smallest absolute Gasteiger partial charge is 0.130 e. The first-order chi connectivity index (χ1) is 8.66. The molecule has 1 aliphatic rings. The van der Waals surface area contributed by atoms with Crippen LogP contribution in [0, 0.1) is 5.82 Å². The predicted octanol–water partition coefficient (Wildman–Crippen LogP) is 4.28. The van der Waals surface area contributed by atoms with Gasteiger partial charge in [-0.15, -0.1) is 0 Å². The molecule has 0 radical (unpaired) electrons. The minimum Gasteiger partial charge on any atom is -0.310 e. The van der Waals surface area contributed by atoms with E-state index in [0.717, 1.165) is 30.5 Å². The maximum absolute atomic E-state index is 13.9. The third-order valence-corrected chi connectivity index (χ3v) is 3.38. The Labute approximate surface area is 109 Å². The fourth-order valence-electron chi connectivity index (χ4n) is 2.33. The number of benzene rings is 1. The van der Waals surface area contributed by atoms with Gasteiger partial charge in [0.1, 0.15) is 5.82 Å². The third kappa shape index (κ3) is 3.42. The molecule has 1 aromatic rings. The van der Waals surface area contributed by atoms with Crippen molar-refractivity contribution in [2.24, 2.45) is 0 Å². The molecule has 1 N–H and O–H groups in total. The molecular weight excluding hydrogens is 225 g/mol. The Bertz CT molecular complexity index is 435. The molecule has 0 saturated heterocycles. The van der Waals surface area contributed by atoms with Crippen LogP contribution in [-0.4, -0.2) is 6.04 Å². The Morgan fingerprint density at radius 3 is 2.78 bits per heavy atom. The fraction of sp³-hybridized carbons (Fsp3) is 0.500. The minimum absolute atomic E-state index is 0.0866. The average molecular weight is 247 g/mol. The molecule has 0 unspecified atom stereocenters. The number of rotatable bonds is 4. The Balaban J connectivity index is 2.18. The van der Waals surface area contributed by atoms with Gasteiger partial charge in [-0.3, -0.25) is 0 Å². The first kappa shape index (κ1) is 13.3. The van der Waals surface area contributed by atoms with Crippen LogP contribution in [0.3, 0.4) is 0 Å². The Hall–Kier alpha value is -1.15. The molecule has 1 aromatic carbocycles. The van der Waals surface area contributed by atoms with Gasteiger partial charge >= 0.3 is 0 Å². The molecule has 0 amide bonds. The average Bonchev–Trinajstić information content (AvgIpc) is 2.38. The molecule has 98 valence electrons. The molecule has 0 heterocycles. The van der Waals surface area contributed by atoms with Crippen LogP contribution in [0.2, 0.25) is 0 Å². The van der Waals surface area contributed by atoms with E-state index in [2.05, 4.69) is 25.2 Å². The zero-order valence-electron chi connectivity index (χ0n) is 11.3. The van der Waals surface area contributed by atoms with Crippen LogP contribution in [0.15, 0.2) is 24.3 Å². The van der Waals surface area contributed by atoms with Crippen LogP contribution in [0.1, 0.15) is 50.7 Å². The lowest BCUT2D eigenvalue weighted by atomic mass is 9.92. The van der Waals surface area contributed by atoms with Gasteiger partial charge in [0.05, 0.1) is 0 Å². The van der Waals surface area contributed by atoms with Gasteiger partial charge in [0.25, 0.3) is 0 Å². The summed E-state index contributed by atoms with van der Waals surface area (Å²) in [4.78, 5) is 0. The number of hydrogen-bond donors (Lipinski definition) is 1. The number of hydrogen-bond acceptors (Lipinski definition) is 1. The van der Waals surface area contributed by atoms with Crippen molar-refractivity contribution in [1.82, 2.24) is 5.32 Å². The van der Waals surface area contributed by atoms with Crippen molar-refractivity contribution in [3.8, 4) is 0 Å². The van der Waals surface area contributed by atoms with E-state index in [1.54, 1.807) is 6.07 Å². The summed E-state index contributed by atoms with van der Waals surface area (Å²) < 4.78 is 13.9. The van der Waals surface area contributed by atoms with Gasteiger partial charge in [0.15, 0.2) is 0 Å². The molecule has 0 aromatic heterocycles. The van der Waals surface area contributed by atoms with Gasteiger partial charge < -0.3 is 5.32 Å². The van der Waals surface area contributed by atoms with Crippen LogP contribution < -0.4 is 5.32 Å². The predicted molar refractivity (Wildman–Crippen MR) is 74.8 cm³/mol. The highest BCUT2D eigenvalue weighted by atomic mass is 19.1. The summed E-state index contributed by atoms with van der Waals surface area (Å²) in [5.74, 6) is -0.0866. The Morgan fingerprint density at radius 1 is 1.28 bits per heavy atom. The van der Waals surface area contributed by atoms with Crippen molar-refractivity contribution in [2.45, 2.75) is 52.1 Å². The van der Waals surface area contributed by atoms with Gasteiger partial charge in [-0.2, -0.15) is 0 Å². The first-order valence-electron chi connectivity index (χ1n) is 6.88. The molecule has 18 heavy (non-hydrogen) atoms. The van der Waals surface area contributed by atoms with Crippen molar-refractivity contribution in [3.05, 3.63) is 41.2 Å². The zero-order chi connectivity index (χ0) is 13.0. The Kier molecular flexibility index (Phi) is 4.54. The normalized spacial score (nSPS) is 15.9. The second kappa shape index (κ2) is 6.14. The lowest BCUT2D eigenvalue weighted by Crippen LogP contribution is -2.21. The summed E-state index contributed by atoms with van der Waals surface area (Å²) in [7, 11) is 0. The molecule has 0 bridgehead atoms. The largest absolute Gasteiger partial charge is 0.310 e. The maximum atomic E-state index is 13.9. The molecule has 0 fully saturated rings. The molecule has 2 rings (SSSR count). The van der Waals surface area contributed by atoms with Gasteiger partial charge in [0, 0.05) is 18.2 Å². The van der Waals surface area contributed by atoms with Crippen LogP contribution in [0.5, 0.6) is 0 Å². The molecule has 0 aliphatic heterocycles.